The molecule has 0 saturated carbocycles. The molecule has 2 N–H and O–H groups in total. The molecule has 1 aliphatic heterocycles. The number of rotatable bonds is 2. The number of hydrogen-bond acceptors (Lipinski definition) is 4. The van der Waals surface area contributed by atoms with E-state index in [0.717, 1.165) is 0 Å². The normalized spacial score (nSPS) is 27.1. The second-order valence-corrected chi connectivity index (χ2v) is 4.32. The molecule has 6 nitrogen and oxygen atoms in total. The Morgan fingerprint density at radius 1 is 1.67 bits per heavy atom. The predicted molar refractivity (Wildman–Crippen MR) is 64.0 cm³/mol. The van der Waals surface area contributed by atoms with Crippen LogP contribution >= 0.6 is 0 Å². The number of terminal acetylenes is 1. The summed E-state index contributed by atoms with van der Waals surface area (Å²) in [6.07, 6.45) is 5.39. The first-order chi connectivity index (χ1) is 8.52. The third-order valence-corrected chi connectivity index (χ3v) is 2.98. The van der Waals surface area contributed by atoms with Crippen molar-refractivity contribution in [3.63, 3.8) is 0 Å². The van der Waals surface area contributed by atoms with Gasteiger partial charge in [-0.25, -0.2) is 4.79 Å². The molecule has 96 valence electrons. The summed E-state index contributed by atoms with van der Waals surface area (Å²) in [4.78, 5) is 25.1. The van der Waals surface area contributed by atoms with Crippen LogP contribution in [0, 0.1) is 19.3 Å². The maximum atomic E-state index is 11.7. The van der Waals surface area contributed by atoms with Crippen molar-refractivity contribution in [2.24, 2.45) is 0 Å². The SMILES string of the molecule is C#CC[C@H]1O[C@@H](n2cc(C)c(=O)[nH]c2=O)C[C@H]1O. The highest BCUT2D eigenvalue weighted by Crippen LogP contribution is 2.28. The molecule has 0 unspecified atom stereocenters. The Morgan fingerprint density at radius 3 is 3.06 bits per heavy atom. The van der Waals surface area contributed by atoms with Gasteiger partial charge in [-0.15, -0.1) is 12.3 Å². The van der Waals surface area contributed by atoms with E-state index in [1.807, 2.05) is 0 Å². The molecule has 2 heterocycles. The van der Waals surface area contributed by atoms with E-state index < -0.39 is 29.7 Å². The number of aryl methyl sites for hydroxylation is 1. The second-order valence-electron chi connectivity index (χ2n) is 4.32. The lowest BCUT2D eigenvalue weighted by Crippen LogP contribution is -2.33. The van der Waals surface area contributed by atoms with Gasteiger partial charge in [0.05, 0.1) is 12.2 Å². The highest BCUT2D eigenvalue weighted by molar-refractivity contribution is 5.02. The average molecular weight is 250 g/mol. The molecule has 1 aliphatic rings. The summed E-state index contributed by atoms with van der Waals surface area (Å²) >= 11 is 0. The Labute approximate surface area is 103 Å². The minimum Gasteiger partial charge on any atom is -0.390 e. The maximum absolute atomic E-state index is 11.7. The summed E-state index contributed by atoms with van der Waals surface area (Å²) < 4.78 is 6.80. The van der Waals surface area contributed by atoms with Crippen molar-refractivity contribution in [3.8, 4) is 12.3 Å². The van der Waals surface area contributed by atoms with Crippen LogP contribution in [0.25, 0.3) is 0 Å². The van der Waals surface area contributed by atoms with E-state index >= 15 is 0 Å². The third kappa shape index (κ3) is 2.23. The highest BCUT2D eigenvalue weighted by Gasteiger charge is 2.34. The highest BCUT2D eigenvalue weighted by atomic mass is 16.5. The quantitative estimate of drug-likeness (QED) is 0.694. The summed E-state index contributed by atoms with van der Waals surface area (Å²) in [5.41, 5.74) is -0.563. The molecule has 3 atom stereocenters. The molecule has 1 fully saturated rings. The lowest BCUT2D eigenvalue weighted by molar-refractivity contribution is -0.0173. The largest absolute Gasteiger partial charge is 0.390 e. The van der Waals surface area contributed by atoms with Gasteiger partial charge in [-0.05, 0) is 6.92 Å². The Hall–Kier alpha value is -1.84. The third-order valence-electron chi connectivity index (χ3n) is 2.98. The van der Waals surface area contributed by atoms with Gasteiger partial charge in [0.1, 0.15) is 6.23 Å². The van der Waals surface area contributed by atoms with Crippen molar-refractivity contribution in [1.82, 2.24) is 9.55 Å². The van der Waals surface area contributed by atoms with Crippen LogP contribution in [0.15, 0.2) is 15.8 Å². The van der Waals surface area contributed by atoms with Crippen LogP contribution in [-0.2, 0) is 4.74 Å². The van der Waals surface area contributed by atoms with Crippen molar-refractivity contribution < 1.29 is 9.84 Å². The van der Waals surface area contributed by atoms with Crippen LogP contribution in [-0.4, -0.2) is 26.9 Å². The van der Waals surface area contributed by atoms with Crippen LogP contribution in [0.4, 0.5) is 0 Å². The van der Waals surface area contributed by atoms with Gasteiger partial charge >= 0.3 is 5.69 Å². The van der Waals surface area contributed by atoms with Gasteiger partial charge in [-0.2, -0.15) is 0 Å². The summed E-state index contributed by atoms with van der Waals surface area (Å²) in [7, 11) is 0. The summed E-state index contributed by atoms with van der Waals surface area (Å²) in [5, 5.41) is 9.76. The molecule has 0 aliphatic carbocycles. The van der Waals surface area contributed by atoms with E-state index in [0.29, 0.717) is 5.56 Å². The van der Waals surface area contributed by atoms with Crippen LogP contribution in [0.2, 0.25) is 0 Å². The molecule has 1 saturated heterocycles. The molecule has 1 aromatic heterocycles. The van der Waals surface area contributed by atoms with Crippen molar-refractivity contribution in [1.29, 1.82) is 0 Å². The van der Waals surface area contributed by atoms with Gasteiger partial charge in [0, 0.05) is 24.6 Å². The first kappa shape index (κ1) is 12.6. The summed E-state index contributed by atoms with van der Waals surface area (Å²) in [6.45, 7) is 1.60. The molecule has 6 heteroatoms. The van der Waals surface area contributed by atoms with Crippen LogP contribution in [0.1, 0.15) is 24.6 Å². The predicted octanol–water partition coefficient (Wildman–Crippen LogP) is -0.483. The minimum atomic E-state index is -0.704. The zero-order valence-corrected chi connectivity index (χ0v) is 9.92. The van der Waals surface area contributed by atoms with Gasteiger partial charge in [-0.3, -0.25) is 14.3 Å². The van der Waals surface area contributed by atoms with E-state index in [2.05, 4.69) is 10.9 Å². The Morgan fingerprint density at radius 2 is 2.39 bits per heavy atom. The molecule has 2 rings (SSSR count). The van der Waals surface area contributed by atoms with E-state index in [-0.39, 0.29) is 12.8 Å². The standard InChI is InChI=1S/C12H14N2O4/c1-3-4-9-8(15)5-10(18-9)14-6-7(2)11(16)13-12(14)17/h1,6,8-10,15H,4-5H2,2H3,(H,13,16,17)/t8-,9-,10-/m1/s1. The van der Waals surface area contributed by atoms with Crippen molar-refractivity contribution >= 4 is 0 Å². The van der Waals surface area contributed by atoms with Gasteiger partial charge in [0.15, 0.2) is 0 Å². The number of nitrogens with zero attached hydrogens (tertiary/aromatic N) is 1. The molecule has 1 aromatic rings. The molecule has 0 radical (unpaired) electrons. The number of aromatic nitrogens is 2. The molecular formula is C12H14N2O4. The van der Waals surface area contributed by atoms with E-state index in [4.69, 9.17) is 11.2 Å². The molecular weight excluding hydrogens is 236 g/mol. The molecule has 0 aromatic carbocycles. The lowest BCUT2D eigenvalue weighted by Gasteiger charge is -2.14. The zero-order chi connectivity index (χ0) is 13.3. The summed E-state index contributed by atoms with van der Waals surface area (Å²) in [5.74, 6) is 2.42. The smallest absolute Gasteiger partial charge is 0.330 e. The topological polar surface area (TPSA) is 84.3 Å². The van der Waals surface area contributed by atoms with Gasteiger partial charge in [-0.1, -0.05) is 0 Å². The number of hydrogen-bond donors (Lipinski definition) is 2. The fraction of sp³-hybridized carbons (Fsp3) is 0.500. The number of nitrogens with one attached hydrogen (secondary N) is 1. The molecule has 0 amide bonds. The van der Waals surface area contributed by atoms with Crippen LogP contribution in [0.5, 0.6) is 0 Å². The first-order valence-corrected chi connectivity index (χ1v) is 5.62. The fourth-order valence-electron chi connectivity index (χ4n) is 1.99. The van der Waals surface area contributed by atoms with Crippen molar-refractivity contribution in [2.45, 2.75) is 38.2 Å². The zero-order valence-electron chi connectivity index (χ0n) is 9.92. The maximum Gasteiger partial charge on any atom is 0.330 e. The van der Waals surface area contributed by atoms with Crippen LogP contribution in [0.3, 0.4) is 0 Å². The molecule has 0 bridgehead atoms. The Kier molecular flexibility index (Phi) is 3.36. The van der Waals surface area contributed by atoms with Gasteiger partial charge in [0.2, 0.25) is 0 Å². The molecule has 0 spiro atoms. The van der Waals surface area contributed by atoms with Crippen LogP contribution < -0.4 is 11.2 Å². The Bertz CT molecular complexity index is 595. The lowest BCUT2D eigenvalue weighted by atomic mass is 10.1. The van der Waals surface area contributed by atoms with E-state index in [9.17, 15) is 14.7 Å². The van der Waals surface area contributed by atoms with E-state index in [1.165, 1.54) is 10.8 Å². The molecule has 18 heavy (non-hydrogen) atoms. The average Bonchev–Trinajstić information content (AvgIpc) is 2.66. The van der Waals surface area contributed by atoms with Gasteiger partial charge in [0.25, 0.3) is 5.56 Å². The Balaban J connectivity index is 2.30. The monoisotopic (exact) mass is 250 g/mol. The number of aromatic amines is 1. The second kappa shape index (κ2) is 4.80. The summed E-state index contributed by atoms with van der Waals surface area (Å²) in [6, 6.07) is 0. The first-order valence-electron chi connectivity index (χ1n) is 5.62. The van der Waals surface area contributed by atoms with E-state index in [1.54, 1.807) is 6.92 Å². The number of H-pyrrole nitrogens is 1. The van der Waals surface area contributed by atoms with Crippen molar-refractivity contribution in [2.75, 3.05) is 0 Å². The van der Waals surface area contributed by atoms with Crippen molar-refractivity contribution in [3.05, 3.63) is 32.6 Å². The number of aliphatic hydroxyl groups excluding tert-OH is 1. The van der Waals surface area contributed by atoms with Gasteiger partial charge < -0.3 is 9.84 Å². The number of aliphatic hydroxyl groups is 1. The fourth-order valence-corrected chi connectivity index (χ4v) is 1.99. The number of ether oxygens (including phenoxy) is 1. The minimum absolute atomic E-state index is 0.276.